The maximum absolute atomic E-state index is 13.2. The Labute approximate surface area is 229 Å². The second kappa shape index (κ2) is 12.2. The Morgan fingerprint density at radius 2 is 1.87 bits per heavy atom. The number of thioether (sulfide) groups is 1. The van der Waals surface area contributed by atoms with Crippen LogP contribution in [0, 0.1) is 0 Å². The van der Waals surface area contributed by atoms with Gasteiger partial charge in [-0.1, -0.05) is 6.07 Å². The SMILES string of the molecule is O=C(CCCCCN1C(=O)C2SC=CC2=[N+](CC(=O)NCc2ccco2)C1=O)NCc1ccc2c(c1)OCO2. The van der Waals surface area contributed by atoms with Crippen molar-refractivity contribution in [3.8, 4) is 11.5 Å². The lowest BCUT2D eigenvalue weighted by Crippen LogP contribution is -2.56. The molecule has 4 heterocycles. The Hall–Kier alpha value is -4.06. The number of imide groups is 1. The molecule has 39 heavy (non-hydrogen) atoms. The highest BCUT2D eigenvalue weighted by molar-refractivity contribution is 8.04. The Bertz CT molecular complexity index is 1320. The number of rotatable bonds is 12. The van der Waals surface area contributed by atoms with Crippen molar-refractivity contribution in [2.45, 2.75) is 44.0 Å². The Balaban J connectivity index is 1.06. The first kappa shape index (κ1) is 26.5. The number of nitrogens with zero attached hydrogens (tertiary/aromatic N) is 2. The summed E-state index contributed by atoms with van der Waals surface area (Å²) < 4.78 is 17.2. The summed E-state index contributed by atoms with van der Waals surface area (Å²) in [5.41, 5.74) is 1.45. The highest BCUT2D eigenvalue weighted by atomic mass is 32.2. The van der Waals surface area contributed by atoms with Crippen molar-refractivity contribution < 1.29 is 37.6 Å². The van der Waals surface area contributed by atoms with Crippen molar-refractivity contribution in [2.24, 2.45) is 0 Å². The lowest BCUT2D eigenvalue weighted by molar-refractivity contribution is -0.426. The van der Waals surface area contributed by atoms with Gasteiger partial charge in [-0.05, 0) is 60.6 Å². The molecule has 5 rings (SSSR count). The van der Waals surface area contributed by atoms with Crippen LogP contribution in [0.5, 0.6) is 11.5 Å². The number of hydrogen-bond acceptors (Lipinski definition) is 8. The minimum Gasteiger partial charge on any atom is -0.467 e. The maximum Gasteiger partial charge on any atom is 0.501 e. The van der Waals surface area contributed by atoms with Crippen LogP contribution in [-0.4, -0.2) is 64.1 Å². The predicted octanol–water partition coefficient (Wildman–Crippen LogP) is 2.55. The molecule has 1 aromatic heterocycles. The van der Waals surface area contributed by atoms with Crippen LogP contribution in [0.1, 0.15) is 37.0 Å². The van der Waals surface area contributed by atoms with E-state index in [9.17, 15) is 19.2 Å². The van der Waals surface area contributed by atoms with Crippen LogP contribution in [0.15, 0.2) is 52.5 Å². The van der Waals surface area contributed by atoms with Crippen molar-refractivity contribution >= 4 is 41.2 Å². The zero-order chi connectivity index (χ0) is 27.2. The number of nitrogens with one attached hydrogen (secondary N) is 2. The third kappa shape index (κ3) is 6.33. The third-order valence-corrected chi connectivity index (χ3v) is 7.55. The molecule has 11 nitrogen and oxygen atoms in total. The van der Waals surface area contributed by atoms with Gasteiger partial charge >= 0.3 is 11.9 Å². The Kier molecular flexibility index (Phi) is 8.30. The lowest BCUT2D eigenvalue weighted by atomic mass is 10.1. The molecule has 1 unspecified atom stereocenters. The minimum atomic E-state index is -0.539. The van der Waals surface area contributed by atoms with E-state index in [4.69, 9.17) is 13.9 Å². The number of ether oxygens (including phenoxy) is 2. The molecule has 0 fully saturated rings. The quantitative estimate of drug-likeness (QED) is 0.303. The highest BCUT2D eigenvalue weighted by Crippen LogP contribution is 2.32. The number of fused-ring (bicyclic) bond motifs is 2. The topological polar surface area (TPSA) is 130 Å². The van der Waals surface area contributed by atoms with Crippen molar-refractivity contribution in [2.75, 3.05) is 19.9 Å². The Morgan fingerprint density at radius 3 is 2.72 bits per heavy atom. The molecule has 0 spiro atoms. The fourth-order valence-corrected chi connectivity index (χ4v) is 5.45. The highest BCUT2D eigenvalue weighted by Gasteiger charge is 2.49. The van der Waals surface area contributed by atoms with Gasteiger partial charge in [0.2, 0.25) is 12.7 Å². The van der Waals surface area contributed by atoms with Gasteiger partial charge in [-0.15, -0.1) is 11.8 Å². The number of amides is 5. The van der Waals surface area contributed by atoms with E-state index >= 15 is 0 Å². The number of hydrogen-bond donors (Lipinski definition) is 2. The number of urea groups is 1. The Morgan fingerprint density at radius 1 is 1.03 bits per heavy atom. The summed E-state index contributed by atoms with van der Waals surface area (Å²) in [6, 6.07) is 8.52. The smallest absolute Gasteiger partial charge is 0.467 e. The van der Waals surface area contributed by atoms with Gasteiger partial charge in [0, 0.05) is 13.0 Å². The summed E-state index contributed by atoms with van der Waals surface area (Å²) >= 11 is 1.32. The molecule has 0 bridgehead atoms. The third-order valence-electron chi connectivity index (χ3n) is 6.54. The molecular formula is C27H29N4O7S+. The number of carbonyl (C=O) groups is 4. The molecule has 0 saturated carbocycles. The van der Waals surface area contributed by atoms with Crippen LogP contribution < -0.4 is 20.1 Å². The fraction of sp³-hybridized carbons (Fsp3) is 0.370. The largest absolute Gasteiger partial charge is 0.501 e. The number of allylic oxidation sites excluding steroid dienone is 1. The molecule has 204 valence electrons. The van der Waals surface area contributed by atoms with Gasteiger partial charge in [-0.2, -0.15) is 14.3 Å². The van der Waals surface area contributed by atoms with Crippen LogP contribution in [0.3, 0.4) is 0 Å². The summed E-state index contributed by atoms with van der Waals surface area (Å²) in [5.74, 6) is 1.28. The first-order valence-electron chi connectivity index (χ1n) is 12.8. The molecule has 12 heteroatoms. The van der Waals surface area contributed by atoms with E-state index in [1.165, 1.54) is 27.5 Å². The molecule has 0 radical (unpaired) electrons. The lowest BCUT2D eigenvalue weighted by Gasteiger charge is -2.24. The average molecular weight is 554 g/mol. The van der Waals surface area contributed by atoms with Crippen molar-refractivity contribution in [1.82, 2.24) is 15.5 Å². The second-order valence-electron chi connectivity index (χ2n) is 9.23. The molecule has 1 aromatic carbocycles. The molecular weight excluding hydrogens is 524 g/mol. The number of benzene rings is 1. The van der Waals surface area contributed by atoms with E-state index in [0.29, 0.717) is 55.2 Å². The van der Waals surface area contributed by atoms with Gasteiger partial charge in [0.25, 0.3) is 5.91 Å². The van der Waals surface area contributed by atoms with Gasteiger partial charge in [0.05, 0.1) is 19.4 Å². The van der Waals surface area contributed by atoms with E-state index in [-0.39, 0.29) is 44.1 Å². The molecule has 5 amide bonds. The van der Waals surface area contributed by atoms with E-state index in [2.05, 4.69) is 10.6 Å². The molecule has 0 saturated heterocycles. The minimum absolute atomic E-state index is 0.0720. The molecule has 2 aromatic rings. The maximum atomic E-state index is 13.2. The van der Waals surface area contributed by atoms with Crippen molar-refractivity contribution in [3.63, 3.8) is 0 Å². The van der Waals surface area contributed by atoms with Crippen molar-refractivity contribution in [3.05, 3.63) is 59.4 Å². The predicted molar refractivity (Wildman–Crippen MR) is 141 cm³/mol. The van der Waals surface area contributed by atoms with Crippen LogP contribution in [0.2, 0.25) is 0 Å². The van der Waals surface area contributed by atoms with Crippen molar-refractivity contribution in [1.29, 1.82) is 0 Å². The summed E-state index contributed by atoms with van der Waals surface area (Å²) in [7, 11) is 0. The summed E-state index contributed by atoms with van der Waals surface area (Å²) in [5, 5.41) is 6.86. The van der Waals surface area contributed by atoms with Gasteiger partial charge in [-0.25, -0.2) is 4.79 Å². The summed E-state index contributed by atoms with van der Waals surface area (Å²) in [4.78, 5) is 52.2. The monoisotopic (exact) mass is 553 g/mol. The first-order valence-corrected chi connectivity index (χ1v) is 13.7. The molecule has 3 aliphatic heterocycles. The molecule has 3 aliphatic rings. The normalized spacial score (nSPS) is 17.5. The zero-order valence-electron chi connectivity index (χ0n) is 21.2. The van der Waals surface area contributed by atoms with E-state index in [0.717, 1.165) is 5.56 Å². The van der Waals surface area contributed by atoms with Gasteiger partial charge in [0.1, 0.15) is 11.5 Å². The van der Waals surface area contributed by atoms with E-state index in [1.54, 1.807) is 23.6 Å². The van der Waals surface area contributed by atoms with E-state index in [1.807, 2.05) is 18.2 Å². The van der Waals surface area contributed by atoms with Crippen LogP contribution in [0.25, 0.3) is 0 Å². The summed E-state index contributed by atoms with van der Waals surface area (Å²) in [6.07, 6.45) is 5.43. The number of unbranched alkanes of at least 4 members (excludes halogenated alkanes) is 2. The van der Waals surface area contributed by atoms with Crippen LogP contribution >= 0.6 is 11.8 Å². The standard InChI is InChI=1S/C27H28N4O7S/c32-23(28-14-18-7-8-21-22(13-18)38-17-37-21)6-2-1-3-10-30-26(34)25-20(9-12-39-25)31(27(30)35)16-24(33)29-15-19-5-4-11-36-19/h4-5,7-9,11-13,25H,1-3,6,10,14-17H2,(H-,28,29,32,33)/p+1. The van der Waals surface area contributed by atoms with Crippen LogP contribution in [-0.2, 0) is 27.5 Å². The molecule has 2 N–H and O–H groups in total. The number of carbonyl (C=O) groups excluding carboxylic acids is 4. The number of furan rings is 1. The fourth-order valence-electron chi connectivity index (χ4n) is 4.49. The molecule has 1 atom stereocenters. The molecule has 0 aliphatic carbocycles. The van der Waals surface area contributed by atoms with E-state index < -0.39 is 11.3 Å². The average Bonchev–Trinajstić information content (AvgIpc) is 3.72. The summed E-state index contributed by atoms with van der Waals surface area (Å²) in [6.45, 7) is 0.845. The van der Waals surface area contributed by atoms with Gasteiger partial charge < -0.3 is 24.5 Å². The second-order valence-corrected chi connectivity index (χ2v) is 10.2. The van der Waals surface area contributed by atoms with Gasteiger partial charge in [0.15, 0.2) is 23.3 Å². The zero-order valence-corrected chi connectivity index (χ0v) is 22.0. The van der Waals surface area contributed by atoms with Gasteiger partial charge in [-0.3, -0.25) is 9.59 Å². The van der Waals surface area contributed by atoms with Crippen LogP contribution in [0.4, 0.5) is 4.79 Å². The first-order chi connectivity index (χ1) is 19.0.